The van der Waals surface area contributed by atoms with Gasteiger partial charge in [-0.2, -0.15) is 17.0 Å². The standard InChI is InChI=1S/C14H18N2OS/c1-3-18-8-7-11(2)16-14(17)13-6-4-5-12(9-13)10-15/h4-6,9,11H,3,7-8H2,1-2H3,(H,16,17). The van der Waals surface area contributed by atoms with Crippen molar-refractivity contribution in [2.75, 3.05) is 11.5 Å². The summed E-state index contributed by atoms with van der Waals surface area (Å²) in [4.78, 5) is 11.9. The molecule has 0 fully saturated rings. The Hall–Kier alpha value is -1.47. The smallest absolute Gasteiger partial charge is 0.251 e. The van der Waals surface area contributed by atoms with Crippen LogP contribution in [0.5, 0.6) is 0 Å². The maximum atomic E-state index is 11.9. The average molecular weight is 262 g/mol. The maximum Gasteiger partial charge on any atom is 0.251 e. The molecular formula is C14H18N2OS. The SMILES string of the molecule is CCSCCC(C)NC(=O)c1cccc(C#N)c1. The Kier molecular flexibility index (Phi) is 6.31. The van der Waals surface area contributed by atoms with Crippen molar-refractivity contribution in [3.8, 4) is 6.07 Å². The second kappa shape index (κ2) is 7.78. The van der Waals surface area contributed by atoms with E-state index in [1.54, 1.807) is 24.3 Å². The molecule has 1 amide bonds. The van der Waals surface area contributed by atoms with E-state index >= 15 is 0 Å². The largest absolute Gasteiger partial charge is 0.350 e. The quantitative estimate of drug-likeness (QED) is 0.802. The zero-order chi connectivity index (χ0) is 13.4. The molecule has 1 atom stereocenters. The normalized spacial score (nSPS) is 11.6. The van der Waals surface area contributed by atoms with Crippen molar-refractivity contribution < 1.29 is 4.79 Å². The number of nitriles is 1. The molecule has 0 heterocycles. The van der Waals surface area contributed by atoms with Gasteiger partial charge in [-0.15, -0.1) is 0 Å². The van der Waals surface area contributed by atoms with Gasteiger partial charge in [-0.05, 0) is 43.0 Å². The van der Waals surface area contributed by atoms with Crippen molar-refractivity contribution in [3.63, 3.8) is 0 Å². The van der Waals surface area contributed by atoms with E-state index in [1.165, 1.54) is 0 Å². The first-order valence-corrected chi connectivity index (χ1v) is 7.21. The molecule has 0 saturated carbocycles. The predicted octanol–water partition coefficient (Wildman–Crippen LogP) is 2.82. The lowest BCUT2D eigenvalue weighted by atomic mass is 10.1. The van der Waals surface area contributed by atoms with Crippen molar-refractivity contribution in [2.24, 2.45) is 0 Å². The van der Waals surface area contributed by atoms with E-state index in [0.717, 1.165) is 17.9 Å². The van der Waals surface area contributed by atoms with Crippen LogP contribution < -0.4 is 5.32 Å². The number of nitrogens with one attached hydrogen (secondary N) is 1. The van der Waals surface area contributed by atoms with Gasteiger partial charge in [0.15, 0.2) is 0 Å². The molecular weight excluding hydrogens is 244 g/mol. The Morgan fingerprint density at radius 3 is 3.00 bits per heavy atom. The lowest BCUT2D eigenvalue weighted by Gasteiger charge is -2.13. The molecule has 18 heavy (non-hydrogen) atoms. The first-order valence-electron chi connectivity index (χ1n) is 6.06. The molecule has 1 aromatic carbocycles. The lowest BCUT2D eigenvalue weighted by Crippen LogP contribution is -2.32. The minimum atomic E-state index is -0.110. The molecule has 0 aromatic heterocycles. The molecule has 4 heteroatoms. The summed E-state index contributed by atoms with van der Waals surface area (Å²) in [6.45, 7) is 4.13. The van der Waals surface area contributed by atoms with E-state index in [1.807, 2.05) is 24.8 Å². The Morgan fingerprint density at radius 2 is 2.33 bits per heavy atom. The molecule has 1 unspecified atom stereocenters. The Morgan fingerprint density at radius 1 is 1.56 bits per heavy atom. The summed E-state index contributed by atoms with van der Waals surface area (Å²) in [6, 6.07) is 8.95. The van der Waals surface area contributed by atoms with Crippen LogP contribution in [0.4, 0.5) is 0 Å². The summed E-state index contributed by atoms with van der Waals surface area (Å²) in [5.41, 5.74) is 1.06. The van der Waals surface area contributed by atoms with E-state index in [9.17, 15) is 4.79 Å². The van der Waals surface area contributed by atoms with Gasteiger partial charge in [0.2, 0.25) is 0 Å². The molecule has 1 aromatic rings. The molecule has 1 N–H and O–H groups in total. The van der Waals surface area contributed by atoms with Crippen LogP contribution in [0, 0.1) is 11.3 Å². The highest BCUT2D eigenvalue weighted by molar-refractivity contribution is 7.99. The summed E-state index contributed by atoms with van der Waals surface area (Å²) >= 11 is 1.87. The van der Waals surface area contributed by atoms with Crippen LogP contribution in [0.1, 0.15) is 36.2 Å². The molecule has 0 aliphatic heterocycles. The van der Waals surface area contributed by atoms with Gasteiger partial charge in [-0.3, -0.25) is 4.79 Å². The first-order chi connectivity index (χ1) is 8.67. The summed E-state index contributed by atoms with van der Waals surface area (Å²) in [5, 5.41) is 11.7. The second-order valence-corrected chi connectivity index (χ2v) is 5.45. The number of hydrogen-bond donors (Lipinski definition) is 1. The second-order valence-electron chi connectivity index (χ2n) is 4.05. The summed E-state index contributed by atoms with van der Waals surface area (Å²) in [5.74, 6) is 2.04. The minimum absolute atomic E-state index is 0.110. The van der Waals surface area contributed by atoms with Crippen molar-refractivity contribution in [2.45, 2.75) is 26.3 Å². The average Bonchev–Trinajstić information content (AvgIpc) is 2.39. The van der Waals surface area contributed by atoms with Crippen LogP contribution in [0.15, 0.2) is 24.3 Å². The Labute approximate surface area is 113 Å². The fraction of sp³-hybridized carbons (Fsp3) is 0.429. The topological polar surface area (TPSA) is 52.9 Å². The molecule has 0 aliphatic carbocycles. The van der Waals surface area contributed by atoms with Gasteiger partial charge >= 0.3 is 0 Å². The zero-order valence-corrected chi connectivity index (χ0v) is 11.6. The third-order valence-corrected chi connectivity index (χ3v) is 3.46. The molecule has 96 valence electrons. The number of rotatable bonds is 6. The summed E-state index contributed by atoms with van der Waals surface area (Å²) in [7, 11) is 0. The minimum Gasteiger partial charge on any atom is -0.350 e. The molecule has 0 bridgehead atoms. The predicted molar refractivity (Wildman–Crippen MR) is 75.7 cm³/mol. The fourth-order valence-corrected chi connectivity index (χ4v) is 2.32. The molecule has 0 radical (unpaired) electrons. The number of benzene rings is 1. The monoisotopic (exact) mass is 262 g/mol. The molecule has 0 aliphatic rings. The third-order valence-electron chi connectivity index (χ3n) is 2.53. The maximum absolute atomic E-state index is 11.9. The van der Waals surface area contributed by atoms with E-state index in [4.69, 9.17) is 5.26 Å². The zero-order valence-electron chi connectivity index (χ0n) is 10.8. The van der Waals surface area contributed by atoms with Crippen LogP contribution in [-0.4, -0.2) is 23.5 Å². The summed E-state index contributed by atoms with van der Waals surface area (Å²) in [6.07, 6.45) is 0.961. The Bertz CT molecular complexity index is 440. The molecule has 0 saturated heterocycles. The van der Waals surface area contributed by atoms with Crippen molar-refractivity contribution in [3.05, 3.63) is 35.4 Å². The van der Waals surface area contributed by atoms with E-state index in [2.05, 4.69) is 12.2 Å². The molecule has 0 spiro atoms. The number of carbonyl (C=O) groups is 1. The number of thioether (sulfide) groups is 1. The van der Waals surface area contributed by atoms with Gasteiger partial charge in [-0.25, -0.2) is 0 Å². The number of carbonyl (C=O) groups excluding carboxylic acids is 1. The van der Waals surface area contributed by atoms with Crippen molar-refractivity contribution >= 4 is 17.7 Å². The molecule has 1 rings (SSSR count). The van der Waals surface area contributed by atoms with Gasteiger partial charge in [0, 0.05) is 11.6 Å². The fourth-order valence-electron chi connectivity index (χ4n) is 1.51. The highest BCUT2D eigenvalue weighted by Crippen LogP contribution is 2.07. The number of hydrogen-bond acceptors (Lipinski definition) is 3. The van der Waals surface area contributed by atoms with Gasteiger partial charge in [-0.1, -0.05) is 13.0 Å². The van der Waals surface area contributed by atoms with Crippen LogP contribution in [-0.2, 0) is 0 Å². The highest BCUT2D eigenvalue weighted by Gasteiger charge is 2.09. The van der Waals surface area contributed by atoms with Crippen LogP contribution in [0.3, 0.4) is 0 Å². The number of nitrogens with zero attached hydrogens (tertiary/aromatic N) is 1. The lowest BCUT2D eigenvalue weighted by molar-refractivity contribution is 0.0939. The number of amides is 1. The van der Waals surface area contributed by atoms with E-state index in [0.29, 0.717) is 11.1 Å². The highest BCUT2D eigenvalue weighted by atomic mass is 32.2. The third kappa shape index (κ3) is 4.80. The van der Waals surface area contributed by atoms with Crippen molar-refractivity contribution in [1.82, 2.24) is 5.32 Å². The van der Waals surface area contributed by atoms with Gasteiger partial charge in [0.05, 0.1) is 11.6 Å². The first kappa shape index (κ1) is 14.6. The van der Waals surface area contributed by atoms with Crippen LogP contribution in [0.25, 0.3) is 0 Å². The van der Waals surface area contributed by atoms with Gasteiger partial charge in [0.1, 0.15) is 0 Å². The van der Waals surface area contributed by atoms with Gasteiger partial charge in [0.25, 0.3) is 5.91 Å². The van der Waals surface area contributed by atoms with E-state index in [-0.39, 0.29) is 11.9 Å². The van der Waals surface area contributed by atoms with Gasteiger partial charge < -0.3 is 5.32 Å². The molecule has 3 nitrogen and oxygen atoms in total. The Balaban J connectivity index is 2.51. The van der Waals surface area contributed by atoms with Crippen LogP contribution >= 0.6 is 11.8 Å². The van der Waals surface area contributed by atoms with Crippen LogP contribution in [0.2, 0.25) is 0 Å². The summed E-state index contributed by atoms with van der Waals surface area (Å²) < 4.78 is 0. The van der Waals surface area contributed by atoms with Crippen molar-refractivity contribution in [1.29, 1.82) is 5.26 Å². The van der Waals surface area contributed by atoms with E-state index < -0.39 is 0 Å².